The number of aliphatic imine (C=N–C) groups is 1. The van der Waals surface area contributed by atoms with Crippen LogP contribution in [0.15, 0.2) is 4.99 Å². The van der Waals surface area contributed by atoms with Crippen LogP contribution in [-0.4, -0.2) is 74.5 Å². The van der Waals surface area contributed by atoms with Crippen molar-refractivity contribution >= 4 is 11.9 Å². The Bertz CT molecular complexity index is 387. The number of hydrogen-bond donors (Lipinski definition) is 2. The van der Waals surface area contributed by atoms with Crippen LogP contribution in [0, 0.1) is 5.92 Å². The standard InChI is InChI=1S/C18H37N5O/c1-6-15(7-2)16(22(4)5)13-20-18(19-8-3)21-14-17(24)23-11-9-10-12-23/h15-16H,6-14H2,1-5H3,(H2,19,20,21). The normalized spacial score (nSPS) is 16.8. The van der Waals surface area contributed by atoms with E-state index >= 15 is 0 Å². The minimum absolute atomic E-state index is 0.133. The molecule has 1 amide bonds. The smallest absolute Gasteiger partial charge is 0.244 e. The molecule has 1 atom stereocenters. The Labute approximate surface area is 148 Å². The average molecular weight is 340 g/mol. The second kappa shape index (κ2) is 11.3. The summed E-state index contributed by atoms with van der Waals surface area (Å²) >= 11 is 0. The van der Waals surface area contributed by atoms with E-state index in [1.807, 2.05) is 11.8 Å². The van der Waals surface area contributed by atoms with Crippen molar-refractivity contribution in [3.63, 3.8) is 0 Å². The fourth-order valence-electron chi connectivity index (χ4n) is 3.36. The lowest BCUT2D eigenvalue weighted by molar-refractivity contribution is -0.128. The Morgan fingerprint density at radius 2 is 1.75 bits per heavy atom. The topological polar surface area (TPSA) is 60.0 Å². The summed E-state index contributed by atoms with van der Waals surface area (Å²) in [7, 11) is 4.26. The summed E-state index contributed by atoms with van der Waals surface area (Å²) in [5.74, 6) is 1.53. The lowest BCUT2D eigenvalue weighted by Gasteiger charge is -2.32. The molecule has 24 heavy (non-hydrogen) atoms. The van der Waals surface area contributed by atoms with Crippen LogP contribution in [0.2, 0.25) is 0 Å². The van der Waals surface area contributed by atoms with Gasteiger partial charge in [0.05, 0.1) is 0 Å². The van der Waals surface area contributed by atoms with Gasteiger partial charge < -0.3 is 20.4 Å². The van der Waals surface area contributed by atoms with Gasteiger partial charge in [-0.25, -0.2) is 4.99 Å². The van der Waals surface area contributed by atoms with E-state index in [1.165, 1.54) is 12.8 Å². The third kappa shape index (κ3) is 6.67. The van der Waals surface area contributed by atoms with Crippen LogP contribution in [0.1, 0.15) is 46.5 Å². The van der Waals surface area contributed by atoms with Gasteiger partial charge in [0.15, 0.2) is 5.96 Å². The molecule has 0 aromatic rings. The van der Waals surface area contributed by atoms with E-state index in [2.05, 4.69) is 48.5 Å². The first-order chi connectivity index (χ1) is 11.5. The molecule has 1 unspecified atom stereocenters. The molecule has 1 fully saturated rings. The van der Waals surface area contributed by atoms with Gasteiger partial charge in [0.2, 0.25) is 5.91 Å². The zero-order valence-electron chi connectivity index (χ0n) is 16.3. The Balaban J connectivity index is 2.59. The monoisotopic (exact) mass is 339 g/mol. The van der Waals surface area contributed by atoms with Gasteiger partial charge in [-0.1, -0.05) is 26.7 Å². The quantitative estimate of drug-likeness (QED) is 0.494. The molecule has 140 valence electrons. The molecule has 1 saturated heterocycles. The van der Waals surface area contributed by atoms with E-state index in [9.17, 15) is 4.79 Å². The molecule has 1 rings (SSSR count). The number of rotatable bonds is 9. The van der Waals surface area contributed by atoms with Gasteiger partial charge in [-0.15, -0.1) is 0 Å². The number of nitrogens with one attached hydrogen (secondary N) is 2. The highest BCUT2D eigenvalue weighted by Gasteiger charge is 2.21. The molecular formula is C18H37N5O. The number of likely N-dealkylation sites (N-methyl/N-ethyl adjacent to an activating group) is 1. The highest BCUT2D eigenvalue weighted by molar-refractivity contribution is 5.85. The minimum Gasteiger partial charge on any atom is -0.357 e. The Morgan fingerprint density at radius 1 is 1.12 bits per heavy atom. The number of hydrogen-bond acceptors (Lipinski definition) is 3. The van der Waals surface area contributed by atoms with Crippen molar-refractivity contribution in [2.24, 2.45) is 10.9 Å². The SMILES string of the molecule is CCNC(=NCC(=O)N1CCCC1)NCC(C(CC)CC)N(C)C. The average Bonchev–Trinajstić information content (AvgIpc) is 3.10. The summed E-state index contributed by atoms with van der Waals surface area (Å²) in [5, 5.41) is 6.67. The zero-order chi connectivity index (χ0) is 17.9. The molecule has 0 aliphatic carbocycles. The van der Waals surface area contributed by atoms with Gasteiger partial charge in [0.25, 0.3) is 0 Å². The number of likely N-dealkylation sites (tertiary alicyclic amines) is 1. The first kappa shape index (κ1) is 20.7. The molecule has 0 bridgehead atoms. The highest BCUT2D eigenvalue weighted by Crippen LogP contribution is 2.16. The maximum absolute atomic E-state index is 12.2. The van der Waals surface area contributed by atoms with E-state index in [0.717, 1.165) is 45.0 Å². The molecule has 0 radical (unpaired) electrons. The maximum atomic E-state index is 12.2. The van der Waals surface area contributed by atoms with Crippen LogP contribution < -0.4 is 10.6 Å². The molecule has 1 heterocycles. The molecule has 1 aliphatic heterocycles. The lowest BCUT2D eigenvalue weighted by Crippen LogP contribution is -2.48. The predicted molar refractivity (Wildman–Crippen MR) is 101 cm³/mol. The summed E-state index contributed by atoms with van der Waals surface area (Å²) in [4.78, 5) is 20.8. The second-order valence-corrected chi connectivity index (χ2v) is 6.77. The van der Waals surface area contributed by atoms with Crippen molar-refractivity contribution in [1.82, 2.24) is 20.4 Å². The van der Waals surface area contributed by atoms with Crippen molar-refractivity contribution in [1.29, 1.82) is 0 Å². The van der Waals surface area contributed by atoms with Crippen LogP contribution >= 0.6 is 0 Å². The first-order valence-electron chi connectivity index (χ1n) is 9.49. The third-order valence-electron chi connectivity index (χ3n) is 4.91. The van der Waals surface area contributed by atoms with Gasteiger partial charge in [0.1, 0.15) is 6.54 Å². The van der Waals surface area contributed by atoms with Crippen LogP contribution in [0.3, 0.4) is 0 Å². The number of nitrogens with zero attached hydrogens (tertiary/aromatic N) is 3. The molecule has 0 spiro atoms. The molecule has 0 aromatic carbocycles. The van der Waals surface area contributed by atoms with Crippen LogP contribution in [0.25, 0.3) is 0 Å². The lowest BCUT2D eigenvalue weighted by atomic mass is 9.93. The number of carbonyl (C=O) groups excluding carboxylic acids is 1. The van der Waals surface area contributed by atoms with E-state index in [-0.39, 0.29) is 12.5 Å². The van der Waals surface area contributed by atoms with Crippen LogP contribution in [-0.2, 0) is 4.79 Å². The van der Waals surface area contributed by atoms with E-state index in [0.29, 0.717) is 12.0 Å². The second-order valence-electron chi connectivity index (χ2n) is 6.77. The largest absolute Gasteiger partial charge is 0.357 e. The third-order valence-corrected chi connectivity index (χ3v) is 4.91. The van der Waals surface area contributed by atoms with Gasteiger partial charge in [-0.3, -0.25) is 4.79 Å². The van der Waals surface area contributed by atoms with Gasteiger partial charge in [0, 0.05) is 32.2 Å². The Hall–Kier alpha value is -1.30. The molecule has 0 aromatic heterocycles. The molecule has 6 nitrogen and oxygen atoms in total. The number of guanidine groups is 1. The zero-order valence-corrected chi connectivity index (χ0v) is 16.3. The van der Waals surface area contributed by atoms with E-state index < -0.39 is 0 Å². The summed E-state index contributed by atoms with van der Waals surface area (Å²) in [6.07, 6.45) is 4.58. The van der Waals surface area contributed by atoms with Gasteiger partial charge in [-0.2, -0.15) is 0 Å². The first-order valence-corrected chi connectivity index (χ1v) is 9.49. The fourth-order valence-corrected chi connectivity index (χ4v) is 3.36. The van der Waals surface area contributed by atoms with Crippen molar-refractivity contribution < 1.29 is 4.79 Å². The van der Waals surface area contributed by atoms with Crippen molar-refractivity contribution in [3.05, 3.63) is 0 Å². The Morgan fingerprint density at radius 3 is 2.25 bits per heavy atom. The molecule has 0 saturated carbocycles. The molecular weight excluding hydrogens is 302 g/mol. The molecule has 1 aliphatic rings. The van der Waals surface area contributed by atoms with E-state index in [1.54, 1.807) is 0 Å². The molecule has 6 heteroatoms. The summed E-state index contributed by atoms with van der Waals surface area (Å²) in [6, 6.07) is 0.457. The van der Waals surface area contributed by atoms with Crippen LogP contribution in [0.4, 0.5) is 0 Å². The summed E-state index contributed by atoms with van der Waals surface area (Å²) < 4.78 is 0. The summed E-state index contributed by atoms with van der Waals surface area (Å²) in [5.41, 5.74) is 0. The molecule has 2 N–H and O–H groups in total. The predicted octanol–water partition coefficient (Wildman–Crippen LogP) is 1.53. The number of carbonyl (C=O) groups is 1. The van der Waals surface area contributed by atoms with E-state index in [4.69, 9.17) is 0 Å². The minimum atomic E-state index is 0.133. The van der Waals surface area contributed by atoms with Crippen molar-refractivity contribution in [2.75, 3.05) is 46.8 Å². The van der Waals surface area contributed by atoms with Crippen molar-refractivity contribution in [2.45, 2.75) is 52.5 Å². The number of amides is 1. The van der Waals surface area contributed by atoms with Gasteiger partial charge in [-0.05, 0) is 39.8 Å². The summed E-state index contributed by atoms with van der Waals surface area (Å²) in [6.45, 7) is 10.2. The van der Waals surface area contributed by atoms with Crippen LogP contribution in [0.5, 0.6) is 0 Å². The Kier molecular flexibility index (Phi) is 9.76. The van der Waals surface area contributed by atoms with Gasteiger partial charge >= 0.3 is 0 Å². The highest BCUT2D eigenvalue weighted by atomic mass is 16.2. The fraction of sp³-hybridized carbons (Fsp3) is 0.889. The maximum Gasteiger partial charge on any atom is 0.244 e. The van der Waals surface area contributed by atoms with Crippen molar-refractivity contribution in [3.8, 4) is 0 Å².